The van der Waals surface area contributed by atoms with E-state index in [1.165, 1.54) is 0 Å². The van der Waals surface area contributed by atoms with E-state index in [4.69, 9.17) is 0 Å². The average Bonchev–Trinajstić information content (AvgIpc) is 2.90. The van der Waals surface area contributed by atoms with Gasteiger partial charge in [0, 0.05) is 23.8 Å². The Balaban J connectivity index is 2.41. The highest BCUT2D eigenvalue weighted by molar-refractivity contribution is 5.90. The third-order valence-corrected chi connectivity index (χ3v) is 5.48. The SMILES string of the molecule is N#Cc1c(-c2c(F)c(F)cc(F)c2F)nc(-c2c(F)c(F)cc(F)c2F)c(C#N)c1-c1c(F)c(F)cc(F)c1F. The van der Waals surface area contributed by atoms with E-state index in [9.17, 15) is 63.2 Å². The van der Waals surface area contributed by atoms with Gasteiger partial charge in [-0.1, -0.05) is 0 Å². The summed E-state index contributed by atoms with van der Waals surface area (Å²) < 4.78 is 173. The van der Waals surface area contributed by atoms with E-state index in [0.717, 1.165) is 12.1 Å². The Bertz CT molecular complexity index is 1680. The van der Waals surface area contributed by atoms with Crippen molar-refractivity contribution in [1.82, 2.24) is 4.98 Å². The lowest BCUT2D eigenvalue weighted by Crippen LogP contribution is -2.10. The topological polar surface area (TPSA) is 60.5 Å². The Morgan fingerprint density at radius 2 is 0.650 bits per heavy atom. The van der Waals surface area contributed by atoms with Gasteiger partial charge < -0.3 is 0 Å². The molecule has 0 spiro atoms. The molecular weight excluding hydrogens is 570 g/mol. The standard InChI is InChI=1S/C25H3F12N3/c26-8-1-9(27)19(33)15(18(8)32)14-6(4-38)24(16-20(34)10(28)2-11(29)21(16)35)40-25(7(14)5-39)17-22(36)12(30)3-13(31)23(17)37/h1-3H. The lowest BCUT2D eigenvalue weighted by atomic mass is 9.88. The van der Waals surface area contributed by atoms with Crippen molar-refractivity contribution in [3.8, 4) is 45.8 Å². The molecule has 0 aliphatic heterocycles. The van der Waals surface area contributed by atoms with Crippen LogP contribution in [0.5, 0.6) is 0 Å². The van der Waals surface area contributed by atoms with Gasteiger partial charge in [-0.25, -0.2) is 57.7 Å². The molecule has 1 heterocycles. The summed E-state index contributed by atoms with van der Waals surface area (Å²) in [5.41, 5.74) is -14.2. The number of nitrogens with zero attached hydrogens (tertiary/aromatic N) is 3. The smallest absolute Gasteiger partial charge is 0.171 e. The fourth-order valence-electron chi connectivity index (χ4n) is 3.77. The van der Waals surface area contributed by atoms with Crippen molar-refractivity contribution in [2.24, 2.45) is 0 Å². The third kappa shape index (κ3) is 4.07. The van der Waals surface area contributed by atoms with Crippen molar-refractivity contribution in [2.45, 2.75) is 0 Å². The molecule has 0 aliphatic carbocycles. The molecule has 0 N–H and O–H groups in total. The summed E-state index contributed by atoms with van der Waals surface area (Å²) in [6.07, 6.45) is 0. The largest absolute Gasteiger partial charge is 0.244 e. The molecule has 40 heavy (non-hydrogen) atoms. The molecule has 3 aromatic carbocycles. The Hall–Kier alpha value is -5.05. The first-order chi connectivity index (χ1) is 18.8. The lowest BCUT2D eigenvalue weighted by Gasteiger charge is -2.18. The van der Waals surface area contributed by atoms with Crippen molar-refractivity contribution in [1.29, 1.82) is 10.5 Å². The molecule has 0 fully saturated rings. The molecule has 15 heteroatoms. The predicted molar refractivity (Wildman–Crippen MR) is 109 cm³/mol. The summed E-state index contributed by atoms with van der Waals surface area (Å²) in [6, 6.07) is 1.11. The molecule has 0 bridgehead atoms. The van der Waals surface area contributed by atoms with E-state index in [1.54, 1.807) is 0 Å². The van der Waals surface area contributed by atoms with Crippen LogP contribution in [0, 0.1) is 92.5 Å². The monoisotopic (exact) mass is 573 g/mol. The fourth-order valence-corrected chi connectivity index (χ4v) is 3.77. The van der Waals surface area contributed by atoms with Gasteiger partial charge in [0.05, 0.1) is 39.2 Å². The minimum atomic E-state index is -2.37. The van der Waals surface area contributed by atoms with Crippen molar-refractivity contribution in [2.75, 3.05) is 0 Å². The number of nitriles is 2. The van der Waals surface area contributed by atoms with Crippen molar-refractivity contribution in [3.05, 3.63) is 99.1 Å². The number of halogens is 12. The minimum absolute atomic E-state index is 0.325. The molecule has 0 aliphatic rings. The van der Waals surface area contributed by atoms with Gasteiger partial charge in [0.1, 0.15) is 12.1 Å². The van der Waals surface area contributed by atoms with Crippen LogP contribution in [0.25, 0.3) is 33.6 Å². The first kappa shape index (κ1) is 28.0. The zero-order chi connectivity index (χ0) is 29.8. The summed E-state index contributed by atoms with van der Waals surface area (Å²) in [6.45, 7) is 0. The molecule has 3 nitrogen and oxygen atoms in total. The van der Waals surface area contributed by atoms with Crippen LogP contribution in [-0.2, 0) is 0 Å². The maximum absolute atomic E-state index is 14.8. The zero-order valence-electron chi connectivity index (χ0n) is 18.6. The number of hydrogen-bond acceptors (Lipinski definition) is 3. The maximum Gasteiger partial charge on any atom is 0.171 e. The van der Waals surface area contributed by atoms with Crippen LogP contribution >= 0.6 is 0 Å². The number of aromatic nitrogens is 1. The molecule has 4 rings (SSSR count). The first-order valence-electron chi connectivity index (χ1n) is 10.1. The second-order valence-electron chi connectivity index (χ2n) is 7.69. The maximum atomic E-state index is 14.8. The van der Waals surface area contributed by atoms with E-state index >= 15 is 0 Å². The van der Waals surface area contributed by atoms with Crippen LogP contribution < -0.4 is 0 Å². The third-order valence-electron chi connectivity index (χ3n) is 5.48. The second-order valence-corrected chi connectivity index (χ2v) is 7.69. The predicted octanol–water partition coefficient (Wildman–Crippen LogP) is 7.50. The highest BCUT2D eigenvalue weighted by atomic mass is 19.2. The Labute approximate surface area is 213 Å². The number of pyridine rings is 1. The van der Waals surface area contributed by atoms with Gasteiger partial charge >= 0.3 is 0 Å². The molecule has 202 valence electrons. The van der Waals surface area contributed by atoms with E-state index in [2.05, 4.69) is 4.98 Å². The summed E-state index contributed by atoms with van der Waals surface area (Å²) in [5.74, 6) is -27.1. The van der Waals surface area contributed by atoms with E-state index in [1.807, 2.05) is 0 Å². The first-order valence-corrected chi connectivity index (χ1v) is 10.1. The van der Waals surface area contributed by atoms with Gasteiger partial charge in [-0.15, -0.1) is 0 Å². The Kier molecular flexibility index (Phi) is 6.94. The van der Waals surface area contributed by atoms with E-state index in [-0.39, 0.29) is 18.2 Å². The summed E-state index contributed by atoms with van der Waals surface area (Å²) >= 11 is 0. The highest BCUT2D eigenvalue weighted by Crippen LogP contribution is 2.44. The number of rotatable bonds is 3. The molecule has 0 saturated carbocycles. The molecule has 0 unspecified atom stereocenters. The van der Waals surface area contributed by atoms with Gasteiger partial charge in [0.15, 0.2) is 69.8 Å². The Morgan fingerprint density at radius 3 is 0.900 bits per heavy atom. The zero-order valence-corrected chi connectivity index (χ0v) is 18.6. The molecule has 0 atom stereocenters. The molecule has 0 radical (unpaired) electrons. The lowest BCUT2D eigenvalue weighted by molar-refractivity contribution is 0.456. The normalized spacial score (nSPS) is 10.9. The van der Waals surface area contributed by atoms with Crippen LogP contribution in [0.2, 0.25) is 0 Å². The van der Waals surface area contributed by atoms with Crippen LogP contribution in [0.15, 0.2) is 18.2 Å². The van der Waals surface area contributed by atoms with Gasteiger partial charge in [-0.3, -0.25) is 0 Å². The van der Waals surface area contributed by atoms with E-state index in [0.29, 0.717) is 0 Å². The number of hydrogen-bond donors (Lipinski definition) is 0. The van der Waals surface area contributed by atoms with Gasteiger partial charge in [-0.05, 0) is 0 Å². The molecule has 0 saturated heterocycles. The van der Waals surface area contributed by atoms with Crippen molar-refractivity contribution < 1.29 is 52.7 Å². The quantitative estimate of drug-likeness (QED) is 0.189. The van der Waals surface area contributed by atoms with Crippen LogP contribution in [0.3, 0.4) is 0 Å². The average molecular weight is 573 g/mol. The van der Waals surface area contributed by atoms with E-state index < -0.39 is 115 Å². The highest BCUT2D eigenvalue weighted by Gasteiger charge is 2.35. The van der Waals surface area contributed by atoms with Gasteiger partial charge in [0.2, 0.25) is 0 Å². The Morgan fingerprint density at radius 1 is 0.400 bits per heavy atom. The van der Waals surface area contributed by atoms with Crippen molar-refractivity contribution >= 4 is 0 Å². The van der Waals surface area contributed by atoms with Gasteiger partial charge in [0.25, 0.3) is 0 Å². The summed E-state index contributed by atoms with van der Waals surface area (Å²) in [4.78, 5) is 3.25. The van der Waals surface area contributed by atoms with Crippen LogP contribution in [0.4, 0.5) is 52.7 Å². The molecule has 0 amide bonds. The summed E-state index contributed by atoms with van der Waals surface area (Å²) in [5, 5.41) is 19.4. The fraction of sp³-hybridized carbons (Fsp3) is 0. The molecule has 4 aromatic rings. The minimum Gasteiger partial charge on any atom is -0.244 e. The van der Waals surface area contributed by atoms with Crippen molar-refractivity contribution in [3.63, 3.8) is 0 Å². The molecule has 1 aromatic heterocycles. The molecular formula is C25H3F12N3. The second kappa shape index (κ2) is 9.92. The summed E-state index contributed by atoms with van der Waals surface area (Å²) in [7, 11) is 0. The van der Waals surface area contributed by atoms with Gasteiger partial charge in [-0.2, -0.15) is 10.5 Å². The number of benzene rings is 3. The van der Waals surface area contributed by atoms with Crippen LogP contribution in [-0.4, -0.2) is 4.98 Å². The van der Waals surface area contributed by atoms with Crippen LogP contribution in [0.1, 0.15) is 11.1 Å².